The van der Waals surface area contributed by atoms with Crippen molar-refractivity contribution in [3.8, 4) is 0 Å². The largest absolute Gasteiger partial charge is 0.310 e. The Labute approximate surface area is 72.6 Å². The van der Waals surface area contributed by atoms with E-state index in [4.69, 9.17) is 0 Å². The summed E-state index contributed by atoms with van der Waals surface area (Å²) in [6, 6.07) is 0.777. The quantitative estimate of drug-likeness (QED) is 0.708. The molecule has 12 heavy (non-hydrogen) atoms. The lowest BCUT2D eigenvalue weighted by Crippen LogP contribution is -2.16. The van der Waals surface area contributed by atoms with Crippen molar-refractivity contribution in [2.24, 2.45) is 0 Å². The number of hydrogen-bond acceptors (Lipinski definition) is 2. The minimum Gasteiger partial charge on any atom is -0.310 e. The van der Waals surface area contributed by atoms with Crippen molar-refractivity contribution in [1.29, 1.82) is 0 Å². The topological polar surface area (TPSA) is 40.7 Å². The molecule has 2 rings (SSSR count). The zero-order chi connectivity index (χ0) is 8.55. The van der Waals surface area contributed by atoms with E-state index in [1.54, 1.807) is 0 Å². The first kappa shape index (κ1) is 7.80. The van der Waals surface area contributed by atoms with Crippen LogP contribution in [0.15, 0.2) is 0 Å². The Morgan fingerprint density at radius 2 is 2.25 bits per heavy atom. The molecule has 0 radical (unpaired) electrons. The number of nitrogens with one attached hydrogen (secondary N) is 2. The molecule has 1 aliphatic rings. The molecule has 0 aliphatic heterocycles. The molecule has 3 heteroatoms. The first-order valence-electron chi connectivity index (χ1n) is 4.51. The highest BCUT2D eigenvalue weighted by atomic mass is 15.1. The van der Waals surface area contributed by atoms with Gasteiger partial charge in [-0.25, -0.2) is 0 Å². The van der Waals surface area contributed by atoms with Crippen molar-refractivity contribution in [2.45, 2.75) is 39.3 Å². The molecule has 1 saturated carbocycles. The zero-order valence-corrected chi connectivity index (χ0v) is 7.65. The van der Waals surface area contributed by atoms with Crippen molar-refractivity contribution in [3.05, 3.63) is 17.0 Å². The van der Waals surface area contributed by atoms with Gasteiger partial charge in [0.05, 0.1) is 5.69 Å². The summed E-state index contributed by atoms with van der Waals surface area (Å²) in [5, 5.41) is 10.6. The van der Waals surface area contributed by atoms with Crippen LogP contribution >= 0.6 is 0 Å². The molecule has 1 heterocycles. The van der Waals surface area contributed by atoms with Crippen molar-refractivity contribution in [3.63, 3.8) is 0 Å². The van der Waals surface area contributed by atoms with E-state index in [1.165, 1.54) is 24.1 Å². The Morgan fingerprint density at radius 1 is 1.50 bits per heavy atom. The first-order valence-corrected chi connectivity index (χ1v) is 4.51. The van der Waals surface area contributed by atoms with Gasteiger partial charge in [-0.15, -0.1) is 0 Å². The lowest BCUT2D eigenvalue weighted by molar-refractivity contribution is 0.683. The van der Waals surface area contributed by atoms with Gasteiger partial charge in [0, 0.05) is 23.8 Å². The molecule has 66 valence electrons. The second-order valence-electron chi connectivity index (χ2n) is 3.57. The van der Waals surface area contributed by atoms with E-state index in [-0.39, 0.29) is 0 Å². The second kappa shape index (κ2) is 2.90. The summed E-state index contributed by atoms with van der Waals surface area (Å²) in [7, 11) is 0. The molecule has 0 aromatic carbocycles. The van der Waals surface area contributed by atoms with Gasteiger partial charge in [-0.2, -0.15) is 5.10 Å². The number of nitrogens with zero attached hydrogens (tertiary/aromatic N) is 1. The van der Waals surface area contributed by atoms with Gasteiger partial charge in [-0.1, -0.05) is 0 Å². The molecule has 1 aliphatic carbocycles. The average molecular weight is 165 g/mol. The van der Waals surface area contributed by atoms with Crippen LogP contribution < -0.4 is 5.32 Å². The summed E-state index contributed by atoms with van der Waals surface area (Å²) in [4.78, 5) is 0. The van der Waals surface area contributed by atoms with Crippen LogP contribution in [0, 0.1) is 13.8 Å². The van der Waals surface area contributed by atoms with E-state index in [0.29, 0.717) is 0 Å². The lowest BCUT2D eigenvalue weighted by atomic mass is 10.2. The molecule has 0 saturated heterocycles. The van der Waals surface area contributed by atoms with Crippen LogP contribution in [0.25, 0.3) is 0 Å². The predicted octanol–water partition coefficient (Wildman–Crippen LogP) is 1.28. The average Bonchev–Trinajstić information content (AvgIpc) is 2.80. The summed E-state index contributed by atoms with van der Waals surface area (Å²) in [5.41, 5.74) is 3.66. The van der Waals surface area contributed by atoms with Gasteiger partial charge < -0.3 is 5.32 Å². The Balaban J connectivity index is 1.99. The maximum Gasteiger partial charge on any atom is 0.0638 e. The summed E-state index contributed by atoms with van der Waals surface area (Å²) in [6.07, 6.45) is 2.69. The van der Waals surface area contributed by atoms with E-state index in [0.717, 1.165) is 18.3 Å². The molecule has 0 amide bonds. The standard InChI is InChI=1S/C9H15N3/c1-6-9(7(2)12-11-6)5-10-8-3-4-8/h8,10H,3-5H2,1-2H3,(H,11,12). The fourth-order valence-corrected chi connectivity index (χ4v) is 1.37. The molecular weight excluding hydrogens is 150 g/mol. The van der Waals surface area contributed by atoms with Crippen LogP contribution in [-0.4, -0.2) is 16.2 Å². The van der Waals surface area contributed by atoms with Crippen molar-refractivity contribution in [2.75, 3.05) is 0 Å². The summed E-state index contributed by atoms with van der Waals surface area (Å²) in [6.45, 7) is 5.09. The maximum absolute atomic E-state index is 4.15. The van der Waals surface area contributed by atoms with Gasteiger partial charge in [0.15, 0.2) is 0 Å². The van der Waals surface area contributed by atoms with E-state index < -0.39 is 0 Å². The van der Waals surface area contributed by atoms with E-state index >= 15 is 0 Å². The van der Waals surface area contributed by atoms with Crippen LogP contribution in [0.3, 0.4) is 0 Å². The molecule has 2 N–H and O–H groups in total. The molecule has 3 nitrogen and oxygen atoms in total. The number of hydrogen-bond donors (Lipinski definition) is 2. The van der Waals surface area contributed by atoms with Crippen LogP contribution in [0.4, 0.5) is 0 Å². The minimum absolute atomic E-state index is 0.777. The highest BCUT2D eigenvalue weighted by Gasteiger charge is 2.20. The van der Waals surface area contributed by atoms with Gasteiger partial charge in [0.25, 0.3) is 0 Å². The third-order valence-corrected chi connectivity index (χ3v) is 2.43. The predicted molar refractivity (Wildman–Crippen MR) is 47.9 cm³/mol. The normalized spacial score (nSPS) is 16.8. The number of rotatable bonds is 3. The van der Waals surface area contributed by atoms with Gasteiger partial charge in [-0.3, -0.25) is 5.10 Å². The highest BCUT2D eigenvalue weighted by Crippen LogP contribution is 2.20. The molecule has 1 aromatic heterocycles. The van der Waals surface area contributed by atoms with Crippen molar-refractivity contribution < 1.29 is 0 Å². The second-order valence-corrected chi connectivity index (χ2v) is 3.57. The van der Waals surface area contributed by atoms with Crippen LogP contribution in [-0.2, 0) is 6.54 Å². The smallest absolute Gasteiger partial charge is 0.0638 e. The molecule has 0 bridgehead atoms. The van der Waals surface area contributed by atoms with E-state index in [9.17, 15) is 0 Å². The summed E-state index contributed by atoms with van der Waals surface area (Å²) >= 11 is 0. The van der Waals surface area contributed by atoms with Gasteiger partial charge >= 0.3 is 0 Å². The molecule has 0 unspecified atom stereocenters. The number of H-pyrrole nitrogens is 1. The zero-order valence-electron chi connectivity index (χ0n) is 7.65. The summed E-state index contributed by atoms with van der Waals surface area (Å²) in [5.74, 6) is 0. The minimum atomic E-state index is 0.777. The number of aryl methyl sites for hydroxylation is 2. The molecule has 0 atom stereocenters. The Morgan fingerprint density at radius 3 is 2.75 bits per heavy atom. The van der Waals surface area contributed by atoms with E-state index in [2.05, 4.69) is 22.4 Å². The fraction of sp³-hybridized carbons (Fsp3) is 0.667. The van der Waals surface area contributed by atoms with Crippen LogP contribution in [0.5, 0.6) is 0 Å². The maximum atomic E-state index is 4.15. The third-order valence-electron chi connectivity index (χ3n) is 2.43. The SMILES string of the molecule is Cc1n[nH]c(C)c1CNC1CC1. The van der Waals surface area contributed by atoms with Crippen molar-refractivity contribution in [1.82, 2.24) is 15.5 Å². The Hall–Kier alpha value is -0.830. The van der Waals surface area contributed by atoms with Crippen molar-refractivity contribution >= 4 is 0 Å². The summed E-state index contributed by atoms with van der Waals surface area (Å²) < 4.78 is 0. The molecule has 1 fully saturated rings. The Bertz CT molecular complexity index is 254. The van der Waals surface area contributed by atoms with Gasteiger partial charge in [-0.05, 0) is 26.7 Å². The van der Waals surface area contributed by atoms with E-state index in [1.807, 2.05) is 6.92 Å². The van der Waals surface area contributed by atoms with Crippen LogP contribution in [0.1, 0.15) is 29.8 Å². The molecular formula is C9H15N3. The van der Waals surface area contributed by atoms with Gasteiger partial charge in [0.2, 0.25) is 0 Å². The number of aromatic amines is 1. The third kappa shape index (κ3) is 1.50. The lowest BCUT2D eigenvalue weighted by Gasteiger charge is -2.01. The van der Waals surface area contributed by atoms with Crippen LogP contribution in [0.2, 0.25) is 0 Å². The highest BCUT2D eigenvalue weighted by molar-refractivity contribution is 5.22. The van der Waals surface area contributed by atoms with Gasteiger partial charge in [0.1, 0.15) is 0 Å². The molecule has 0 spiro atoms. The first-order chi connectivity index (χ1) is 5.77. The Kier molecular flexibility index (Phi) is 1.89. The molecule has 1 aromatic rings. The fourth-order valence-electron chi connectivity index (χ4n) is 1.37. The number of aromatic nitrogens is 2. The monoisotopic (exact) mass is 165 g/mol.